The number of rotatable bonds is 4. The zero-order valence-electron chi connectivity index (χ0n) is 19.0. The maximum atomic E-state index is 13.5. The summed E-state index contributed by atoms with van der Waals surface area (Å²) >= 11 is 0. The number of aliphatic imine (C=N–C) groups is 1. The highest BCUT2D eigenvalue weighted by Gasteiger charge is 2.30. The van der Waals surface area contributed by atoms with Crippen LogP contribution in [0.15, 0.2) is 77.5 Å². The first-order chi connectivity index (χ1) is 16.0. The Morgan fingerprint density at radius 3 is 2.64 bits per heavy atom. The molecule has 2 aliphatic heterocycles. The Balaban J connectivity index is 1.48. The van der Waals surface area contributed by atoms with E-state index in [4.69, 9.17) is 9.73 Å². The van der Waals surface area contributed by atoms with Crippen molar-refractivity contribution in [3.05, 3.63) is 89.5 Å². The van der Waals surface area contributed by atoms with E-state index in [-0.39, 0.29) is 5.82 Å². The summed E-state index contributed by atoms with van der Waals surface area (Å²) in [5.74, 6) is 1.46. The van der Waals surface area contributed by atoms with Gasteiger partial charge in [0.2, 0.25) is 0 Å². The van der Waals surface area contributed by atoms with E-state index in [9.17, 15) is 4.39 Å². The molecular weight excluding hydrogens is 417 g/mol. The van der Waals surface area contributed by atoms with Gasteiger partial charge in [-0.05, 0) is 80.3 Å². The number of benzene rings is 2. The van der Waals surface area contributed by atoms with Crippen molar-refractivity contribution < 1.29 is 9.13 Å². The van der Waals surface area contributed by atoms with Gasteiger partial charge in [-0.3, -0.25) is 10.0 Å². The summed E-state index contributed by atoms with van der Waals surface area (Å²) in [7, 11) is 1.68. The number of hydrogen-bond donors (Lipinski definition) is 0. The summed E-state index contributed by atoms with van der Waals surface area (Å²) in [6.45, 7) is 4.83. The lowest BCUT2D eigenvalue weighted by molar-refractivity contribution is 0.379. The molecule has 168 valence electrons. The van der Waals surface area contributed by atoms with Crippen molar-refractivity contribution in [1.29, 1.82) is 0 Å². The summed E-state index contributed by atoms with van der Waals surface area (Å²) in [5, 5.41) is 4.29. The average molecular weight is 444 g/mol. The molecular formula is C26H26FN5O. The number of ether oxygens (including phenoxy) is 1. The molecule has 0 N–H and O–H groups in total. The number of aromatic nitrogens is 2. The molecule has 1 saturated heterocycles. The van der Waals surface area contributed by atoms with E-state index >= 15 is 0 Å². The molecule has 6 nitrogen and oxygen atoms in total. The minimum atomic E-state index is -0.242. The fraction of sp³-hybridized carbons (Fsp3) is 0.231. The minimum absolute atomic E-state index is 0.242. The third-order valence-electron chi connectivity index (χ3n) is 5.90. The molecule has 0 bridgehead atoms. The van der Waals surface area contributed by atoms with Crippen LogP contribution in [0.4, 0.5) is 10.1 Å². The number of aryl methyl sites for hydroxylation is 1. The molecule has 2 aliphatic rings. The van der Waals surface area contributed by atoms with Crippen molar-refractivity contribution in [1.82, 2.24) is 14.6 Å². The topological polar surface area (TPSA) is 45.9 Å². The molecule has 0 saturated carbocycles. The van der Waals surface area contributed by atoms with Gasteiger partial charge in [-0.1, -0.05) is 6.07 Å². The largest absolute Gasteiger partial charge is 0.495 e. The number of imidazole rings is 1. The first-order valence-corrected chi connectivity index (χ1v) is 11.0. The van der Waals surface area contributed by atoms with Crippen LogP contribution < -0.4 is 9.75 Å². The van der Waals surface area contributed by atoms with Gasteiger partial charge in [0.25, 0.3) is 0 Å². The van der Waals surface area contributed by atoms with Gasteiger partial charge in [0.15, 0.2) is 5.84 Å². The summed E-state index contributed by atoms with van der Waals surface area (Å²) in [4.78, 5) is 9.08. The number of allylic oxidation sites excluding steroid dienone is 1. The predicted octanol–water partition coefficient (Wildman–Crippen LogP) is 5.50. The second-order valence-corrected chi connectivity index (χ2v) is 8.26. The van der Waals surface area contributed by atoms with E-state index in [1.165, 1.54) is 12.1 Å². The molecule has 3 heterocycles. The number of fused-ring (bicyclic) bond motifs is 1. The highest BCUT2D eigenvalue weighted by atomic mass is 19.1. The fourth-order valence-corrected chi connectivity index (χ4v) is 4.36. The molecule has 0 unspecified atom stereocenters. The standard InChI is InChI=1S/C26H26FN5O/c1-18-16-30(17-29-18)24-11-6-20(14-25(24)33-3)13-21-5-4-12-31-26(21)28-15-19(2)32(31)23-9-7-22(27)8-10-23/h6-11,13-17H,4-5,12H2,1-3H3. The smallest absolute Gasteiger partial charge is 0.150 e. The van der Waals surface area contributed by atoms with Crippen molar-refractivity contribution in [3.8, 4) is 11.4 Å². The lowest BCUT2D eigenvalue weighted by Gasteiger charge is -2.43. The fourth-order valence-electron chi connectivity index (χ4n) is 4.36. The Kier molecular flexibility index (Phi) is 5.46. The molecule has 0 atom stereocenters. The van der Waals surface area contributed by atoms with Crippen LogP contribution in [0, 0.1) is 12.7 Å². The number of nitrogens with zero attached hydrogens (tertiary/aromatic N) is 5. The number of piperidine rings is 1. The molecule has 2 aromatic carbocycles. The van der Waals surface area contributed by atoms with E-state index in [0.29, 0.717) is 0 Å². The van der Waals surface area contributed by atoms with E-state index in [2.05, 4.69) is 27.1 Å². The predicted molar refractivity (Wildman–Crippen MR) is 129 cm³/mol. The Morgan fingerprint density at radius 2 is 1.91 bits per heavy atom. The molecule has 1 fully saturated rings. The first-order valence-electron chi connectivity index (χ1n) is 11.0. The van der Waals surface area contributed by atoms with Gasteiger partial charge in [0.05, 0.1) is 42.4 Å². The number of halogens is 1. The maximum absolute atomic E-state index is 13.5. The number of hydrogen-bond acceptors (Lipinski definition) is 5. The first kappa shape index (κ1) is 21.0. The molecule has 1 aromatic heterocycles. The van der Waals surface area contributed by atoms with Crippen LogP contribution in [0.2, 0.25) is 0 Å². The van der Waals surface area contributed by atoms with Crippen molar-refractivity contribution in [2.75, 3.05) is 18.7 Å². The van der Waals surface area contributed by atoms with Crippen LogP contribution in [0.3, 0.4) is 0 Å². The van der Waals surface area contributed by atoms with Crippen LogP contribution in [-0.4, -0.2) is 34.1 Å². The Morgan fingerprint density at radius 1 is 1.09 bits per heavy atom. The van der Waals surface area contributed by atoms with E-state index < -0.39 is 0 Å². The number of anilines is 1. The van der Waals surface area contributed by atoms with E-state index in [0.717, 1.165) is 64.9 Å². The summed E-state index contributed by atoms with van der Waals surface area (Å²) in [5.41, 5.74) is 6.02. The lowest BCUT2D eigenvalue weighted by Crippen LogP contribution is -2.50. The normalized spacial score (nSPS) is 17.0. The molecule has 0 spiro atoms. The molecule has 33 heavy (non-hydrogen) atoms. The van der Waals surface area contributed by atoms with Gasteiger partial charge >= 0.3 is 0 Å². The molecule has 0 aliphatic carbocycles. The minimum Gasteiger partial charge on any atom is -0.495 e. The maximum Gasteiger partial charge on any atom is 0.150 e. The van der Waals surface area contributed by atoms with Crippen LogP contribution >= 0.6 is 0 Å². The monoisotopic (exact) mass is 443 g/mol. The van der Waals surface area contributed by atoms with Crippen molar-refractivity contribution in [2.24, 2.45) is 4.99 Å². The molecule has 7 heteroatoms. The molecule has 0 amide bonds. The third-order valence-corrected chi connectivity index (χ3v) is 5.90. The Bertz CT molecular complexity index is 1270. The second kappa shape index (κ2) is 8.58. The molecule has 5 rings (SSSR count). The Labute approximate surface area is 192 Å². The number of amidine groups is 1. The van der Waals surface area contributed by atoms with E-state index in [1.807, 2.05) is 42.9 Å². The van der Waals surface area contributed by atoms with Gasteiger partial charge in [0.1, 0.15) is 11.6 Å². The van der Waals surface area contributed by atoms with Crippen LogP contribution in [0.5, 0.6) is 5.75 Å². The van der Waals surface area contributed by atoms with Crippen molar-refractivity contribution in [3.63, 3.8) is 0 Å². The van der Waals surface area contributed by atoms with E-state index in [1.54, 1.807) is 25.6 Å². The van der Waals surface area contributed by atoms with Crippen molar-refractivity contribution in [2.45, 2.75) is 26.7 Å². The zero-order chi connectivity index (χ0) is 22.9. The SMILES string of the molecule is COc1cc(C=C2CCCN3C2=NC=C(C)N3c2ccc(F)cc2)ccc1-n1cnc(C)c1. The van der Waals surface area contributed by atoms with Gasteiger partial charge in [-0.2, -0.15) is 0 Å². The summed E-state index contributed by atoms with van der Waals surface area (Å²) < 4.78 is 21.1. The Hall–Kier alpha value is -3.87. The third kappa shape index (κ3) is 4.02. The van der Waals surface area contributed by atoms with Gasteiger partial charge < -0.3 is 9.30 Å². The molecule has 3 aromatic rings. The number of methoxy groups -OCH3 is 1. The summed E-state index contributed by atoms with van der Waals surface area (Å²) in [6, 6.07) is 12.8. The molecule has 0 radical (unpaired) electrons. The number of hydrazine groups is 1. The van der Waals surface area contributed by atoms with Gasteiger partial charge in [-0.15, -0.1) is 0 Å². The highest BCUT2D eigenvalue weighted by molar-refractivity contribution is 6.04. The van der Waals surface area contributed by atoms with Gasteiger partial charge in [0, 0.05) is 12.7 Å². The lowest BCUT2D eigenvalue weighted by atomic mass is 10.00. The zero-order valence-corrected chi connectivity index (χ0v) is 19.0. The van der Waals surface area contributed by atoms with Crippen LogP contribution in [0.1, 0.15) is 31.0 Å². The second-order valence-electron chi connectivity index (χ2n) is 8.26. The quantitative estimate of drug-likeness (QED) is 0.534. The van der Waals surface area contributed by atoms with Crippen LogP contribution in [-0.2, 0) is 0 Å². The average Bonchev–Trinajstić information content (AvgIpc) is 3.26. The van der Waals surface area contributed by atoms with Gasteiger partial charge in [-0.25, -0.2) is 14.4 Å². The summed E-state index contributed by atoms with van der Waals surface area (Å²) in [6.07, 6.45) is 9.75. The van der Waals surface area contributed by atoms with Crippen LogP contribution in [0.25, 0.3) is 11.8 Å². The highest BCUT2D eigenvalue weighted by Crippen LogP contribution is 2.32. The van der Waals surface area contributed by atoms with Crippen molar-refractivity contribution >= 4 is 17.6 Å².